The average Bonchev–Trinajstić information content (AvgIpc) is 2.85. The van der Waals surface area contributed by atoms with Crippen LogP contribution in [-0.2, 0) is 14.9 Å². The summed E-state index contributed by atoms with van der Waals surface area (Å²) in [6.45, 7) is 3.32. The number of carbonyl (C=O) groups is 1. The van der Waals surface area contributed by atoms with Gasteiger partial charge in [0.1, 0.15) is 0 Å². The van der Waals surface area contributed by atoms with Crippen LogP contribution in [0.15, 0.2) is 59.3 Å². The Kier molecular flexibility index (Phi) is 6.15. The van der Waals surface area contributed by atoms with E-state index in [0.29, 0.717) is 26.1 Å². The molecule has 0 bridgehead atoms. The van der Waals surface area contributed by atoms with E-state index in [4.69, 9.17) is 4.74 Å². The molecule has 2 aromatic carbocycles. The molecule has 0 aliphatic carbocycles. The highest BCUT2D eigenvalue weighted by atomic mass is 79.9. The molecule has 0 radical (unpaired) electrons. The maximum atomic E-state index is 13.8. The monoisotopic (exact) mass is 493 g/mol. The lowest BCUT2D eigenvalue weighted by atomic mass is 9.73. The number of hydrogen-bond acceptors (Lipinski definition) is 4. The van der Waals surface area contributed by atoms with E-state index in [0.717, 1.165) is 39.6 Å². The van der Waals surface area contributed by atoms with Crippen LogP contribution in [0, 0.1) is 0 Å². The van der Waals surface area contributed by atoms with Gasteiger partial charge in [0.15, 0.2) is 0 Å². The first kappa shape index (κ1) is 21.4. The first-order chi connectivity index (χ1) is 15.7. The van der Waals surface area contributed by atoms with Crippen molar-refractivity contribution in [2.24, 2.45) is 0 Å². The van der Waals surface area contributed by atoms with Gasteiger partial charge in [0.2, 0.25) is 5.91 Å². The number of rotatable bonds is 4. The van der Waals surface area contributed by atoms with E-state index in [1.54, 1.807) is 0 Å². The Morgan fingerprint density at radius 3 is 2.47 bits per heavy atom. The number of halogens is 1. The van der Waals surface area contributed by atoms with Crippen LogP contribution in [0.4, 0.5) is 11.4 Å². The van der Waals surface area contributed by atoms with Gasteiger partial charge in [-0.15, -0.1) is 0 Å². The SMILES string of the molecule is O=C(Nc1ccc(N2CCCCC2)c2ccncc12)C1(c2ccc(Br)cc2)CCOCC1. The van der Waals surface area contributed by atoms with Gasteiger partial charge < -0.3 is 15.0 Å². The Hall–Kier alpha value is -2.44. The van der Waals surface area contributed by atoms with Crippen molar-refractivity contribution in [2.75, 3.05) is 36.5 Å². The van der Waals surface area contributed by atoms with Crippen molar-refractivity contribution in [3.8, 4) is 0 Å². The Morgan fingerprint density at radius 2 is 1.72 bits per heavy atom. The number of hydrogen-bond donors (Lipinski definition) is 1. The number of carbonyl (C=O) groups excluding carboxylic acids is 1. The smallest absolute Gasteiger partial charge is 0.235 e. The van der Waals surface area contributed by atoms with Crippen LogP contribution in [0.1, 0.15) is 37.7 Å². The standard InChI is InChI=1S/C26H28BrN3O2/c27-20-6-4-19(5-7-20)26(11-16-32-17-12-26)25(31)29-23-8-9-24(30-14-2-1-3-15-30)21-10-13-28-18-22(21)23/h4-10,13,18H,1-3,11-12,14-17H2,(H,29,31). The summed E-state index contributed by atoms with van der Waals surface area (Å²) in [5, 5.41) is 5.40. The third-order valence-electron chi connectivity index (χ3n) is 6.92. The molecule has 0 spiro atoms. The van der Waals surface area contributed by atoms with Gasteiger partial charge in [0.05, 0.1) is 11.1 Å². The lowest BCUT2D eigenvalue weighted by Crippen LogP contribution is -2.44. The number of amides is 1. The zero-order chi connectivity index (χ0) is 22.0. The topological polar surface area (TPSA) is 54.5 Å². The van der Waals surface area contributed by atoms with Crippen LogP contribution >= 0.6 is 15.9 Å². The summed E-state index contributed by atoms with van der Waals surface area (Å²) in [7, 11) is 0. The molecule has 0 atom stereocenters. The number of aromatic nitrogens is 1. The molecule has 2 saturated heterocycles. The van der Waals surface area contributed by atoms with E-state index in [1.165, 1.54) is 24.9 Å². The first-order valence-electron chi connectivity index (χ1n) is 11.4. The third-order valence-corrected chi connectivity index (χ3v) is 7.45. The van der Waals surface area contributed by atoms with Crippen LogP contribution < -0.4 is 10.2 Å². The van der Waals surface area contributed by atoms with Gasteiger partial charge in [-0.3, -0.25) is 9.78 Å². The van der Waals surface area contributed by atoms with Gasteiger partial charge >= 0.3 is 0 Å². The predicted molar refractivity (Wildman–Crippen MR) is 132 cm³/mol. The molecule has 1 amide bonds. The molecule has 3 heterocycles. The molecule has 1 aromatic heterocycles. The summed E-state index contributed by atoms with van der Waals surface area (Å²) in [6, 6.07) is 14.4. The zero-order valence-corrected chi connectivity index (χ0v) is 19.7. The predicted octanol–water partition coefficient (Wildman–Crippen LogP) is 5.67. The van der Waals surface area contributed by atoms with E-state index in [2.05, 4.69) is 43.3 Å². The van der Waals surface area contributed by atoms with E-state index >= 15 is 0 Å². The highest BCUT2D eigenvalue weighted by Gasteiger charge is 2.42. The van der Waals surface area contributed by atoms with Crippen LogP contribution in [0.2, 0.25) is 0 Å². The molecule has 6 heteroatoms. The summed E-state index contributed by atoms with van der Waals surface area (Å²) >= 11 is 3.51. The van der Waals surface area contributed by atoms with Gasteiger partial charge in [0.25, 0.3) is 0 Å². The number of anilines is 2. The summed E-state index contributed by atoms with van der Waals surface area (Å²) in [4.78, 5) is 20.6. The lowest BCUT2D eigenvalue weighted by molar-refractivity contribution is -0.125. The van der Waals surface area contributed by atoms with Crippen molar-refractivity contribution in [3.05, 3.63) is 64.9 Å². The van der Waals surface area contributed by atoms with E-state index in [1.807, 2.05) is 42.7 Å². The molecule has 2 aliphatic heterocycles. The molecule has 3 aromatic rings. The minimum atomic E-state index is -0.598. The number of nitrogens with zero attached hydrogens (tertiary/aromatic N) is 2. The molecular formula is C26H28BrN3O2. The second kappa shape index (κ2) is 9.20. The minimum absolute atomic E-state index is 0.0269. The van der Waals surface area contributed by atoms with Crippen molar-refractivity contribution >= 4 is 44.0 Å². The molecule has 0 saturated carbocycles. The van der Waals surface area contributed by atoms with Crippen molar-refractivity contribution in [1.82, 2.24) is 4.98 Å². The van der Waals surface area contributed by atoms with Crippen LogP contribution in [0.5, 0.6) is 0 Å². The van der Waals surface area contributed by atoms with Gasteiger partial charge in [-0.05, 0) is 68.0 Å². The molecule has 1 N–H and O–H groups in total. The molecule has 0 unspecified atom stereocenters. The average molecular weight is 494 g/mol. The normalized spacial score (nSPS) is 18.5. The second-order valence-corrected chi connectivity index (χ2v) is 9.67. The lowest BCUT2D eigenvalue weighted by Gasteiger charge is -2.36. The fraction of sp³-hybridized carbons (Fsp3) is 0.385. The molecule has 5 rings (SSSR count). The van der Waals surface area contributed by atoms with E-state index < -0.39 is 5.41 Å². The van der Waals surface area contributed by atoms with Crippen molar-refractivity contribution < 1.29 is 9.53 Å². The number of pyridine rings is 1. The Morgan fingerprint density at radius 1 is 0.969 bits per heavy atom. The third kappa shape index (κ3) is 4.02. The van der Waals surface area contributed by atoms with Crippen molar-refractivity contribution in [3.63, 3.8) is 0 Å². The molecule has 166 valence electrons. The number of fused-ring (bicyclic) bond motifs is 1. The molecule has 5 nitrogen and oxygen atoms in total. The zero-order valence-electron chi connectivity index (χ0n) is 18.1. The number of piperidine rings is 1. The van der Waals surface area contributed by atoms with Gasteiger partial charge in [-0.25, -0.2) is 0 Å². The maximum absolute atomic E-state index is 13.8. The van der Waals surface area contributed by atoms with Crippen LogP contribution in [0.25, 0.3) is 10.8 Å². The quantitative estimate of drug-likeness (QED) is 0.508. The van der Waals surface area contributed by atoms with Crippen LogP contribution in [-0.4, -0.2) is 37.2 Å². The van der Waals surface area contributed by atoms with Crippen molar-refractivity contribution in [2.45, 2.75) is 37.5 Å². The van der Waals surface area contributed by atoms with Crippen LogP contribution in [0.3, 0.4) is 0 Å². The highest BCUT2D eigenvalue weighted by molar-refractivity contribution is 9.10. The fourth-order valence-corrected chi connectivity index (χ4v) is 5.34. The highest BCUT2D eigenvalue weighted by Crippen LogP contribution is 2.39. The van der Waals surface area contributed by atoms with E-state index in [9.17, 15) is 4.79 Å². The molecule has 2 aliphatic rings. The molecule has 32 heavy (non-hydrogen) atoms. The Labute approximate surface area is 197 Å². The van der Waals surface area contributed by atoms with Gasteiger partial charge in [-0.1, -0.05) is 28.1 Å². The number of benzene rings is 2. The maximum Gasteiger partial charge on any atom is 0.235 e. The summed E-state index contributed by atoms with van der Waals surface area (Å²) in [5.41, 5.74) is 2.49. The minimum Gasteiger partial charge on any atom is -0.381 e. The molecule has 2 fully saturated rings. The number of ether oxygens (including phenoxy) is 1. The van der Waals surface area contributed by atoms with Crippen molar-refractivity contribution in [1.29, 1.82) is 0 Å². The Bertz CT molecular complexity index is 1100. The summed E-state index contributed by atoms with van der Waals surface area (Å²) in [5.74, 6) is 0.0269. The largest absolute Gasteiger partial charge is 0.381 e. The van der Waals surface area contributed by atoms with Gasteiger partial charge in [0, 0.05) is 59.6 Å². The number of nitrogens with one attached hydrogen (secondary N) is 1. The van der Waals surface area contributed by atoms with Gasteiger partial charge in [-0.2, -0.15) is 0 Å². The molecular weight excluding hydrogens is 466 g/mol. The van der Waals surface area contributed by atoms with E-state index in [-0.39, 0.29) is 5.91 Å². The Balaban J connectivity index is 1.50. The summed E-state index contributed by atoms with van der Waals surface area (Å²) < 4.78 is 6.63. The fourth-order valence-electron chi connectivity index (χ4n) is 5.07. The summed E-state index contributed by atoms with van der Waals surface area (Å²) in [6.07, 6.45) is 8.79. The first-order valence-corrected chi connectivity index (χ1v) is 12.2. The second-order valence-electron chi connectivity index (χ2n) is 8.76.